The first-order valence-corrected chi connectivity index (χ1v) is 14.3. The normalized spacial score (nSPS) is 19.8. The third-order valence-electron chi connectivity index (χ3n) is 5.04. The van der Waals surface area contributed by atoms with Gasteiger partial charge in [-0.05, 0) is 67.5 Å². The van der Waals surface area contributed by atoms with E-state index >= 15 is 0 Å². The number of hydrogen-bond acceptors (Lipinski definition) is 8. The SMILES string of the molecule is CCOP(=O)(OCC)[C@@H](NS(=O)(=O)c1ccc(C)cc1)[C@@H]1COC(C)(C)N1C(=O)OC(C)(C)C. The van der Waals surface area contributed by atoms with Crippen LogP contribution >= 0.6 is 7.60 Å². The number of ether oxygens (including phenoxy) is 2. The number of amides is 1. The van der Waals surface area contributed by atoms with Crippen molar-refractivity contribution in [2.24, 2.45) is 0 Å². The van der Waals surface area contributed by atoms with E-state index in [1.165, 1.54) is 17.0 Å². The molecule has 12 heteroatoms. The number of hydrogen-bond donors (Lipinski definition) is 1. The van der Waals surface area contributed by atoms with Crippen LogP contribution in [0.25, 0.3) is 0 Å². The lowest BCUT2D eigenvalue weighted by atomic mass is 10.2. The topological polar surface area (TPSA) is 120 Å². The van der Waals surface area contributed by atoms with Gasteiger partial charge in [0.2, 0.25) is 10.0 Å². The lowest BCUT2D eigenvalue weighted by molar-refractivity contribution is -0.0628. The van der Waals surface area contributed by atoms with E-state index in [0.717, 1.165) is 5.56 Å². The summed E-state index contributed by atoms with van der Waals surface area (Å²) < 4.78 is 65.5. The summed E-state index contributed by atoms with van der Waals surface area (Å²) in [6, 6.07) is 5.17. The van der Waals surface area contributed by atoms with Gasteiger partial charge in [-0.15, -0.1) is 0 Å². The monoisotopic (exact) mass is 520 g/mol. The highest BCUT2D eigenvalue weighted by molar-refractivity contribution is 7.89. The fourth-order valence-electron chi connectivity index (χ4n) is 3.59. The molecule has 0 unspecified atom stereocenters. The Labute approximate surface area is 202 Å². The number of nitrogens with zero attached hydrogens (tertiary/aromatic N) is 1. The maximum Gasteiger partial charge on any atom is 0.412 e. The second-order valence-electron chi connectivity index (χ2n) is 9.43. The van der Waals surface area contributed by atoms with Crippen LogP contribution in [0.3, 0.4) is 0 Å². The van der Waals surface area contributed by atoms with Crippen LogP contribution in [-0.2, 0) is 33.1 Å². The van der Waals surface area contributed by atoms with Crippen LogP contribution < -0.4 is 4.72 Å². The molecule has 0 spiro atoms. The molecular weight excluding hydrogens is 483 g/mol. The molecule has 34 heavy (non-hydrogen) atoms. The predicted octanol–water partition coefficient (Wildman–Crippen LogP) is 4.24. The van der Waals surface area contributed by atoms with Gasteiger partial charge in [0.25, 0.3) is 0 Å². The van der Waals surface area contributed by atoms with Crippen molar-refractivity contribution in [3.8, 4) is 0 Å². The highest BCUT2D eigenvalue weighted by atomic mass is 32.2. The Morgan fingerprint density at radius 1 is 1.21 bits per heavy atom. The summed E-state index contributed by atoms with van der Waals surface area (Å²) >= 11 is 0. The zero-order valence-electron chi connectivity index (χ0n) is 21.2. The number of carbonyl (C=O) groups excluding carboxylic acids is 1. The molecule has 0 aromatic heterocycles. The van der Waals surface area contributed by atoms with Gasteiger partial charge >= 0.3 is 13.7 Å². The van der Waals surface area contributed by atoms with Gasteiger partial charge < -0.3 is 18.5 Å². The number of benzene rings is 1. The van der Waals surface area contributed by atoms with Gasteiger partial charge in [0, 0.05) is 0 Å². The zero-order chi connectivity index (χ0) is 25.9. The van der Waals surface area contributed by atoms with E-state index in [4.69, 9.17) is 18.5 Å². The Morgan fingerprint density at radius 3 is 2.21 bits per heavy atom. The number of sulfonamides is 1. The van der Waals surface area contributed by atoms with Gasteiger partial charge in [0.15, 0.2) is 0 Å². The van der Waals surface area contributed by atoms with Gasteiger partial charge in [-0.1, -0.05) is 17.7 Å². The van der Waals surface area contributed by atoms with Gasteiger partial charge in [-0.3, -0.25) is 9.46 Å². The molecule has 194 valence electrons. The van der Waals surface area contributed by atoms with E-state index in [2.05, 4.69) is 4.72 Å². The molecule has 0 saturated carbocycles. The third-order valence-corrected chi connectivity index (χ3v) is 9.06. The van der Waals surface area contributed by atoms with Crippen LogP contribution in [0, 0.1) is 6.92 Å². The van der Waals surface area contributed by atoms with Gasteiger partial charge in [-0.2, -0.15) is 4.72 Å². The van der Waals surface area contributed by atoms with E-state index in [1.54, 1.807) is 60.6 Å². The summed E-state index contributed by atoms with van der Waals surface area (Å²) in [7, 11) is -8.28. The summed E-state index contributed by atoms with van der Waals surface area (Å²) in [6.45, 7) is 13.4. The molecule has 2 atom stereocenters. The molecule has 2 rings (SSSR count). The smallest absolute Gasteiger partial charge is 0.412 e. The molecule has 1 aromatic carbocycles. The third kappa shape index (κ3) is 6.80. The van der Waals surface area contributed by atoms with Crippen LogP contribution in [0.4, 0.5) is 4.79 Å². The number of carbonyl (C=O) groups is 1. The Morgan fingerprint density at radius 2 is 1.74 bits per heavy atom. The lowest BCUT2D eigenvalue weighted by Crippen LogP contribution is -2.57. The van der Waals surface area contributed by atoms with Gasteiger partial charge in [0.05, 0.1) is 30.8 Å². The molecule has 1 fully saturated rings. The van der Waals surface area contributed by atoms with E-state index in [1.807, 2.05) is 6.92 Å². The van der Waals surface area contributed by atoms with E-state index in [9.17, 15) is 17.8 Å². The quantitative estimate of drug-likeness (QED) is 0.480. The summed E-state index contributed by atoms with van der Waals surface area (Å²) in [5, 5.41) is 0. The fraction of sp³-hybridized carbons (Fsp3) is 0.682. The first-order chi connectivity index (χ1) is 15.6. The molecule has 1 heterocycles. The van der Waals surface area contributed by atoms with Gasteiger partial charge in [-0.25, -0.2) is 13.2 Å². The molecule has 0 aliphatic carbocycles. The second-order valence-corrected chi connectivity index (χ2v) is 13.3. The van der Waals surface area contributed by atoms with Crippen molar-refractivity contribution in [3.05, 3.63) is 29.8 Å². The molecule has 1 aromatic rings. The highest BCUT2D eigenvalue weighted by Crippen LogP contribution is 2.55. The molecule has 1 aliphatic rings. The molecule has 0 bridgehead atoms. The van der Waals surface area contributed by atoms with Crippen molar-refractivity contribution >= 4 is 23.7 Å². The maximum absolute atomic E-state index is 13.9. The summed E-state index contributed by atoms with van der Waals surface area (Å²) in [5.41, 5.74) is -1.10. The lowest BCUT2D eigenvalue weighted by Gasteiger charge is -2.39. The summed E-state index contributed by atoms with van der Waals surface area (Å²) in [4.78, 5) is 14.4. The largest absolute Gasteiger partial charge is 0.444 e. The van der Waals surface area contributed by atoms with Crippen LogP contribution in [0.15, 0.2) is 29.2 Å². The van der Waals surface area contributed by atoms with E-state index < -0.39 is 46.9 Å². The predicted molar refractivity (Wildman–Crippen MR) is 128 cm³/mol. The second kappa shape index (κ2) is 10.6. The van der Waals surface area contributed by atoms with Crippen LogP contribution in [-0.4, -0.2) is 62.4 Å². The van der Waals surface area contributed by atoms with Crippen molar-refractivity contribution in [3.63, 3.8) is 0 Å². The van der Waals surface area contributed by atoms with Crippen LogP contribution in [0.2, 0.25) is 0 Å². The molecule has 1 aliphatic heterocycles. The molecule has 1 amide bonds. The zero-order valence-corrected chi connectivity index (χ0v) is 22.9. The fourth-order valence-corrected chi connectivity index (χ4v) is 7.38. The van der Waals surface area contributed by atoms with Crippen molar-refractivity contribution in [2.45, 2.75) is 83.4 Å². The molecule has 1 saturated heterocycles. The Hall–Kier alpha value is -1.49. The van der Waals surface area contributed by atoms with Crippen molar-refractivity contribution in [2.75, 3.05) is 19.8 Å². The molecule has 0 radical (unpaired) electrons. The minimum Gasteiger partial charge on any atom is -0.444 e. The first-order valence-electron chi connectivity index (χ1n) is 11.2. The van der Waals surface area contributed by atoms with Crippen LogP contribution in [0.1, 0.15) is 54.0 Å². The Kier molecular flexibility index (Phi) is 8.99. The molecule has 1 N–H and O–H groups in total. The number of aryl methyl sites for hydroxylation is 1. The highest BCUT2D eigenvalue weighted by Gasteiger charge is 2.55. The summed E-state index contributed by atoms with van der Waals surface area (Å²) in [5.74, 6) is -1.45. The standard InChI is InChI=1S/C22H37N2O8PS/c1-9-30-33(26,31-10-2)19(23-34(27,28)17-13-11-16(3)12-14-17)18-15-29-22(7,8)24(18)20(25)32-21(4,5)6/h11-14,18-19,23H,9-10,15H2,1-8H3/t18-,19+/m0/s1. The maximum atomic E-state index is 13.9. The van der Waals surface area contributed by atoms with Gasteiger partial charge in [0.1, 0.15) is 17.1 Å². The van der Waals surface area contributed by atoms with E-state index in [-0.39, 0.29) is 24.7 Å². The van der Waals surface area contributed by atoms with Crippen molar-refractivity contribution in [1.29, 1.82) is 0 Å². The van der Waals surface area contributed by atoms with Crippen molar-refractivity contribution < 1.29 is 36.3 Å². The number of rotatable bonds is 9. The molecular formula is C22H37N2O8PS. The summed E-state index contributed by atoms with van der Waals surface area (Å²) in [6.07, 6.45) is -0.737. The minimum absolute atomic E-state index is 0.00342. The Bertz CT molecular complexity index is 995. The molecule has 10 nitrogen and oxygen atoms in total. The minimum atomic E-state index is -4.17. The first kappa shape index (κ1) is 28.7. The van der Waals surface area contributed by atoms with Crippen molar-refractivity contribution in [1.82, 2.24) is 9.62 Å². The average Bonchev–Trinajstić information content (AvgIpc) is 3.00. The average molecular weight is 521 g/mol. The number of nitrogens with one attached hydrogen (secondary N) is 1. The van der Waals surface area contributed by atoms with E-state index in [0.29, 0.717) is 0 Å². The Balaban J connectivity index is 2.59. The van der Waals surface area contributed by atoms with Crippen LogP contribution in [0.5, 0.6) is 0 Å².